The Labute approximate surface area is 153 Å². The summed E-state index contributed by atoms with van der Waals surface area (Å²) in [7, 11) is 1.60. The van der Waals surface area contributed by atoms with Gasteiger partial charge < -0.3 is 4.74 Å². The number of thiazole rings is 1. The first kappa shape index (κ1) is 16.5. The lowest BCUT2D eigenvalue weighted by Crippen LogP contribution is -2.12. The molecule has 26 heavy (non-hydrogen) atoms. The fraction of sp³-hybridized carbons (Fsp3) is 0.222. The van der Waals surface area contributed by atoms with Crippen LogP contribution in [0.2, 0.25) is 0 Å². The van der Waals surface area contributed by atoms with Gasteiger partial charge in [0.05, 0.1) is 23.4 Å². The number of methoxy groups -OCH3 is 1. The molecule has 0 bridgehead atoms. The van der Waals surface area contributed by atoms with Gasteiger partial charge in [-0.05, 0) is 31.0 Å². The van der Waals surface area contributed by atoms with Crippen LogP contribution in [0, 0.1) is 0 Å². The van der Waals surface area contributed by atoms with Crippen LogP contribution in [0.4, 0.5) is 5.13 Å². The van der Waals surface area contributed by atoms with Crippen molar-refractivity contribution < 1.29 is 14.3 Å². The number of H-pyrrole nitrogens is 1. The molecule has 1 aromatic carbocycles. The van der Waals surface area contributed by atoms with E-state index in [0.29, 0.717) is 27.8 Å². The first-order chi connectivity index (χ1) is 12.6. The van der Waals surface area contributed by atoms with Crippen molar-refractivity contribution in [3.05, 3.63) is 46.6 Å². The minimum absolute atomic E-state index is 0.103. The third-order valence-corrected chi connectivity index (χ3v) is 5.23. The molecule has 1 amide bonds. The number of anilines is 1. The number of amides is 1. The highest BCUT2D eigenvalue weighted by molar-refractivity contribution is 7.17. The standard InChI is InChI=1S/C18H16N4O3S/c1-25-11-5-2-4-10(8-11)13-9-14(22-21-13)17(24)20-18-19-12-6-3-7-15(23)16(12)26-18/h2,4-5,8-9H,3,6-7H2,1H3,(H,21,22)(H,19,20,24). The van der Waals surface area contributed by atoms with E-state index in [9.17, 15) is 9.59 Å². The molecule has 3 aromatic rings. The molecule has 2 N–H and O–H groups in total. The van der Waals surface area contributed by atoms with Crippen molar-refractivity contribution in [1.29, 1.82) is 0 Å². The Bertz CT molecular complexity index is 992. The van der Waals surface area contributed by atoms with Crippen LogP contribution in [0.25, 0.3) is 11.3 Å². The summed E-state index contributed by atoms with van der Waals surface area (Å²) in [5.41, 5.74) is 2.59. The van der Waals surface area contributed by atoms with Crippen LogP contribution < -0.4 is 10.1 Å². The van der Waals surface area contributed by atoms with Gasteiger partial charge in [-0.15, -0.1) is 0 Å². The number of nitrogens with zero attached hydrogens (tertiary/aromatic N) is 2. The number of rotatable bonds is 4. The molecule has 7 nitrogen and oxygen atoms in total. The Balaban J connectivity index is 1.52. The predicted octanol–water partition coefficient (Wildman–Crippen LogP) is 3.31. The number of nitrogens with one attached hydrogen (secondary N) is 2. The second-order valence-corrected chi connectivity index (χ2v) is 6.92. The largest absolute Gasteiger partial charge is 0.497 e. The van der Waals surface area contributed by atoms with E-state index in [1.54, 1.807) is 13.2 Å². The molecule has 0 radical (unpaired) electrons. The fourth-order valence-corrected chi connectivity index (χ4v) is 3.83. The average Bonchev–Trinajstić information content (AvgIpc) is 3.29. The molecule has 0 unspecified atom stereocenters. The first-order valence-electron chi connectivity index (χ1n) is 8.18. The van der Waals surface area contributed by atoms with Gasteiger partial charge in [-0.3, -0.25) is 20.0 Å². The molecule has 0 atom stereocenters. The SMILES string of the molecule is COc1cccc(-c2cc(C(=O)Nc3nc4c(s3)C(=O)CCC4)[nH]n2)c1. The first-order valence-corrected chi connectivity index (χ1v) is 9.00. The van der Waals surface area contributed by atoms with Gasteiger partial charge in [0.1, 0.15) is 11.4 Å². The molecule has 132 valence electrons. The average molecular weight is 368 g/mol. The highest BCUT2D eigenvalue weighted by Gasteiger charge is 2.23. The van der Waals surface area contributed by atoms with Crippen molar-refractivity contribution in [3.8, 4) is 17.0 Å². The van der Waals surface area contributed by atoms with E-state index in [2.05, 4.69) is 20.5 Å². The summed E-state index contributed by atoms with van der Waals surface area (Å²) in [6.45, 7) is 0. The number of benzene rings is 1. The van der Waals surface area contributed by atoms with E-state index in [-0.39, 0.29) is 11.7 Å². The predicted molar refractivity (Wildman–Crippen MR) is 97.9 cm³/mol. The van der Waals surface area contributed by atoms with Gasteiger partial charge in [0.2, 0.25) is 0 Å². The maximum atomic E-state index is 12.5. The lowest BCUT2D eigenvalue weighted by Gasteiger charge is -2.05. The van der Waals surface area contributed by atoms with Crippen molar-refractivity contribution in [2.45, 2.75) is 19.3 Å². The van der Waals surface area contributed by atoms with E-state index in [0.717, 1.165) is 29.8 Å². The number of carbonyl (C=O) groups excluding carboxylic acids is 2. The van der Waals surface area contributed by atoms with Crippen LogP contribution in [-0.4, -0.2) is 34.0 Å². The second-order valence-electron chi connectivity index (χ2n) is 5.92. The summed E-state index contributed by atoms with van der Waals surface area (Å²) < 4.78 is 5.21. The van der Waals surface area contributed by atoms with Crippen molar-refractivity contribution in [2.75, 3.05) is 12.4 Å². The summed E-state index contributed by atoms with van der Waals surface area (Å²) in [6.07, 6.45) is 2.14. The van der Waals surface area contributed by atoms with Crippen LogP contribution in [0.1, 0.15) is 38.7 Å². The van der Waals surface area contributed by atoms with Crippen molar-refractivity contribution >= 4 is 28.2 Å². The fourth-order valence-electron chi connectivity index (χ4n) is 2.86. The van der Waals surface area contributed by atoms with Gasteiger partial charge in [-0.2, -0.15) is 5.10 Å². The normalized spacial score (nSPS) is 13.3. The molecular formula is C18H16N4O3S. The maximum Gasteiger partial charge on any atom is 0.275 e. The number of fused-ring (bicyclic) bond motifs is 1. The molecule has 2 heterocycles. The summed E-state index contributed by atoms with van der Waals surface area (Å²) in [5.74, 6) is 0.478. The van der Waals surface area contributed by atoms with E-state index in [4.69, 9.17) is 4.74 Å². The summed E-state index contributed by atoms with van der Waals surface area (Å²) >= 11 is 1.23. The zero-order valence-corrected chi connectivity index (χ0v) is 14.9. The Morgan fingerprint density at radius 1 is 1.31 bits per heavy atom. The van der Waals surface area contributed by atoms with Crippen LogP contribution in [0.5, 0.6) is 5.75 Å². The highest BCUT2D eigenvalue weighted by Crippen LogP contribution is 2.30. The number of Topliss-reactive ketones (excluding diaryl/α,β-unsaturated/α-hetero) is 1. The van der Waals surface area contributed by atoms with E-state index in [1.807, 2.05) is 24.3 Å². The molecule has 2 aromatic heterocycles. The molecule has 4 rings (SSSR count). The molecule has 1 aliphatic rings. The lowest BCUT2D eigenvalue weighted by molar-refractivity contribution is 0.0975. The maximum absolute atomic E-state index is 12.5. The van der Waals surface area contributed by atoms with E-state index >= 15 is 0 Å². The Morgan fingerprint density at radius 3 is 3.00 bits per heavy atom. The highest BCUT2D eigenvalue weighted by atomic mass is 32.1. The van der Waals surface area contributed by atoms with Gasteiger partial charge in [0, 0.05) is 12.0 Å². The van der Waals surface area contributed by atoms with Crippen LogP contribution in [0.3, 0.4) is 0 Å². The number of hydrogen-bond acceptors (Lipinski definition) is 6. The molecule has 1 aliphatic carbocycles. The lowest BCUT2D eigenvalue weighted by atomic mass is 10.0. The van der Waals surface area contributed by atoms with Gasteiger partial charge in [-0.1, -0.05) is 23.5 Å². The minimum atomic E-state index is -0.342. The van der Waals surface area contributed by atoms with Crippen molar-refractivity contribution in [2.24, 2.45) is 0 Å². The number of ether oxygens (including phenoxy) is 1. The molecule has 0 saturated carbocycles. The monoisotopic (exact) mass is 368 g/mol. The number of aromatic amines is 1. The van der Waals surface area contributed by atoms with Crippen molar-refractivity contribution in [1.82, 2.24) is 15.2 Å². The van der Waals surface area contributed by atoms with Crippen LogP contribution >= 0.6 is 11.3 Å². The molecular weight excluding hydrogens is 352 g/mol. The molecule has 0 aliphatic heterocycles. The van der Waals surface area contributed by atoms with Crippen LogP contribution in [0.15, 0.2) is 30.3 Å². The number of ketones is 1. The zero-order chi connectivity index (χ0) is 18.1. The Kier molecular flexibility index (Phi) is 4.26. The topological polar surface area (TPSA) is 97.0 Å². The van der Waals surface area contributed by atoms with Crippen LogP contribution in [-0.2, 0) is 6.42 Å². The second kappa shape index (κ2) is 6.72. The number of carbonyl (C=O) groups is 2. The summed E-state index contributed by atoms with van der Waals surface area (Å²) in [5, 5.41) is 10.1. The van der Waals surface area contributed by atoms with Gasteiger partial charge >= 0.3 is 0 Å². The molecule has 0 fully saturated rings. The quantitative estimate of drug-likeness (QED) is 0.736. The molecule has 0 saturated heterocycles. The smallest absolute Gasteiger partial charge is 0.275 e. The third-order valence-electron chi connectivity index (χ3n) is 4.18. The van der Waals surface area contributed by atoms with Gasteiger partial charge in [0.25, 0.3) is 5.91 Å². The third kappa shape index (κ3) is 3.11. The number of hydrogen-bond donors (Lipinski definition) is 2. The number of aryl methyl sites for hydroxylation is 1. The Morgan fingerprint density at radius 2 is 2.19 bits per heavy atom. The summed E-state index contributed by atoms with van der Waals surface area (Å²) in [4.78, 5) is 29.4. The van der Waals surface area contributed by atoms with E-state index < -0.39 is 0 Å². The molecule has 0 spiro atoms. The zero-order valence-electron chi connectivity index (χ0n) is 14.0. The van der Waals surface area contributed by atoms with E-state index in [1.165, 1.54) is 11.3 Å². The summed E-state index contributed by atoms with van der Waals surface area (Å²) in [6, 6.07) is 9.11. The minimum Gasteiger partial charge on any atom is -0.497 e. The van der Waals surface area contributed by atoms with Gasteiger partial charge in [0.15, 0.2) is 10.9 Å². The van der Waals surface area contributed by atoms with Gasteiger partial charge in [-0.25, -0.2) is 4.98 Å². The Hall–Kier alpha value is -3.00. The number of aromatic nitrogens is 3. The molecule has 8 heteroatoms. The van der Waals surface area contributed by atoms with Crippen molar-refractivity contribution in [3.63, 3.8) is 0 Å².